The predicted octanol–water partition coefficient (Wildman–Crippen LogP) is 0.574. The first kappa shape index (κ1) is 14.9. The number of carbonyl (C=O) groups is 2. The summed E-state index contributed by atoms with van der Waals surface area (Å²) < 4.78 is 0. The molecule has 0 spiro atoms. The first-order valence-electron chi connectivity index (χ1n) is 5.58. The van der Waals surface area contributed by atoms with Gasteiger partial charge in [0.2, 0.25) is 5.91 Å². The monoisotopic (exact) mass is 231 g/mol. The van der Waals surface area contributed by atoms with Gasteiger partial charge in [0.15, 0.2) is 0 Å². The van der Waals surface area contributed by atoms with Crippen LogP contribution in [0.2, 0.25) is 0 Å². The fourth-order valence-corrected chi connectivity index (χ4v) is 1.44. The summed E-state index contributed by atoms with van der Waals surface area (Å²) in [5.41, 5.74) is 0. The molecule has 0 aromatic rings. The number of carboxylic acids is 1. The van der Waals surface area contributed by atoms with Gasteiger partial charge in [0.25, 0.3) is 0 Å². The van der Waals surface area contributed by atoms with Gasteiger partial charge in [-0.2, -0.15) is 0 Å². The van der Waals surface area contributed by atoms with E-state index < -0.39 is 17.8 Å². The quantitative estimate of drug-likeness (QED) is 0.671. The van der Waals surface area contributed by atoms with Crippen LogP contribution in [0.25, 0.3) is 0 Å². The maximum absolute atomic E-state index is 11.9. The number of carbonyl (C=O) groups excluding carboxylic acids is 1. The lowest BCUT2D eigenvalue weighted by atomic mass is 9.94. The Balaban J connectivity index is 4.52. The largest absolute Gasteiger partial charge is 0.481 e. The lowest BCUT2D eigenvalue weighted by Gasteiger charge is -2.26. The summed E-state index contributed by atoms with van der Waals surface area (Å²) in [6, 6.07) is 0. The molecule has 5 nitrogen and oxygen atoms in total. The minimum Gasteiger partial charge on any atom is -0.481 e. The van der Waals surface area contributed by atoms with E-state index in [9.17, 15) is 9.59 Å². The summed E-state index contributed by atoms with van der Waals surface area (Å²) in [4.78, 5) is 24.2. The third kappa shape index (κ3) is 4.18. The molecule has 0 heterocycles. The van der Waals surface area contributed by atoms with E-state index in [1.807, 2.05) is 6.92 Å². The lowest BCUT2D eigenvalue weighted by Crippen LogP contribution is -2.41. The molecular formula is C11H21NO4. The summed E-state index contributed by atoms with van der Waals surface area (Å²) in [6.45, 7) is 5.79. The van der Waals surface area contributed by atoms with Crippen LogP contribution in [0.3, 0.4) is 0 Å². The maximum atomic E-state index is 11.9. The summed E-state index contributed by atoms with van der Waals surface area (Å²) in [5, 5.41) is 17.7. The molecule has 1 amide bonds. The highest BCUT2D eigenvalue weighted by atomic mass is 16.4. The fourth-order valence-electron chi connectivity index (χ4n) is 1.44. The standard InChI is InChI=1S/C11H21NO4/c1-4-5-12(6-7-13)10(14)8(2)9(3)11(15)16/h8-9,13H,4-7H2,1-3H3,(H,15,16). The van der Waals surface area contributed by atoms with Gasteiger partial charge in [0.1, 0.15) is 0 Å². The van der Waals surface area contributed by atoms with Gasteiger partial charge in [0.05, 0.1) is 12.5 Å². The average Bonchev–Trinajstić information content (AvgIpc) is 2.25. The average molecular weight is 231 g/mol. The van der Waals surface area contributed by atoms with Crippen molar-refractivity contribution in [1.82, 2.24) is 4.90 Å². The number of aliphatic hydroxyl groups is 1. The minimum atomic E-state index is -0.971. The fraction of sp³-hybridized carbons (Fsp3) is 0.818. The molecule has 0 saturated carbocycles. The van der Waals surface area contributed by atoms with Crippen LogP contribution in [0, 0.1) is 11.8 Å². The van der Waals surface area contributed by atoms with Crippen LogP contribution in [-0.4, -0.2) is 46.7 Å². The molecule has 0 aliphatic heterocycles. The highest BCUT2D eigenvalue weighted by Gasteiger charge is 2.28. The predicted molar refractivity (Wildman–Crippen MR) is 59.9 cm³/mol. The third-order valence-electron chi connectivity index (χ3n) is 2.70. The van der Waals surface area contributed by atoms with E-state index in [1.54, 1.807) is 6.92 Å². The molecule has 0 aromatic carbocycles. The second-order valence-electron chi connectivity index (χ2n) is 3.96. The number of carboxylic acid groups (broad SMARTS) is 1. The second-order valence-corrected chi connectivity index (χ2v) is 3.96. The Morgan fingerprint density at radius 2 is 1.75 bits per heavy atom. The highest BCUT2D eigenvalue weighted by molar-refractivity contribution is 5.84. The SMILES string of the molecule is CCCN(CCO)C(=O)C(C)C(C)C(=O)O. The molecule has 2 unspecified atom stereocenters. The van der Waals surface area contributed by atoms with Gasteiger partial charge in [-0.15, -0.1) is 0 Å². The molecule has 0 aliphatic carbocycles. The van der Waals surface area contributed by atoms with Gasteiger partial charge >= 0.3 is 5.97 Å². The number of amides is 1. The number of hydrogen-bond donors (Lipinski definition) is 2. The van der Waals surface area contributed by atoms with Crippen LogP contribution in [0.5, 0.6) is 0 Å². The summed E-state index contributed by atoms with van der Waals surface area (Å²) in [7, 11) is 0. The van der Waals surface area contributed by atoms with Crippen molar-refractivity contribution >= 4 is 11.9 Å². The van der Waals surface area contributed by atoms with Crippen LogP contribution >= 0.6 is 0 Å². The first-order chi connectivity index (χ1) is 7.45. The second kappa shape index (κ2) is 7.22. The molecule has 0 aliphatic rings. The van der Waals surface area contributed by atoms with Crippen molar-refractivity contribution in [3.05, 3.63) is 0 Å². The van der Waals surface area contributed by atoms with Crippen molar-refractivity contribution in [2.24, 2.45) is 11.8 Å². The number of nitrogens with zero attached hydrogens (tertiary/aromatic N) is 1. The van der Waals surface area contributed by atoms with Crippen LogP contribution in [0.4, 0.5) is 0 Å². The minimum absolute atomic E-state index is 0.0973. The van der Waals surface area contributed by atoms with Gasteiger partial charge in [0, 0.05) is 19.0 Å². The number of aliphatic carboxylic acids is 1. The molecule has 0 aromatic heterocycles. The van der Waals surface area contributed by atoms with E-state index >= 15 is 0 Å². The smallest absolute Gasteiger partial charge is 0.307 e. The zero-order chi connectivity index (χ0) is 12.7. The van der Waals surface area contributed by atoms with E-state index in [-0.39, 0.29) is 19.1 Å². The summed E-state index contributed by atoms with van der Waals surface area (Å²) in [5.74, 6) is -2.44. The molecule has 2 N–H and O–H groups in total. The van der Waals surface area contributed by atoms with Crippen molar-refractivity contribution in [2.75, 3.05) is 19.7 Å². The van der Waals surface area contributed by atoms with E-state index in [1.165, 1.54) is 11.8 Å². The van der Waals surface area contributed by atoms with Gasteiger partial charge in [-0.3, -0.25) is 9.59 Å². The molecule has 0 rings (SSSR count). The summed E-state index contributed by atoms with van der Waals surface area (Å²) >= 11 is 0. The van der Waals surface area contributed by atoms with Crippen molar-refractivity contribution in [3.8, 4) is 0 Å². The molecule has 0 saturated heterocycles. The topological polar surface area (TPSA) is 77.8 Å². The zero-order valence-electron chi connectivity index (χ0n) is 10.1. The molecule has 0 radical (unpaired) electrons. The van der Waals surface area contributed by atoms with Crippen LogP contribution < -0.4 is 0 Å². The zero-order valence-corrected chi connectivity index (χ0v) is 10.1. The molecule has 0 fully saturated rings. The number of hydrogen-bond acceptors (Lipinski definition) is 3. The molecule has 16 heavy (non-hydrogen) atoms. The van der Waals surface area contributed by atoms with Gasteiger partial charge < -0.3 is 15.1 Å². The first-order valence-corrected chi connectivity index (χ1v) is 5.58. The third-order valence-corrected chi connectivity index (χ3v) is 2.70. The molecule has 94 valence electrons. The van der Waals surface area contributed by atoms with Crippen molar-refractivity contribution in [3.63, 3.8) is 0 Å². The maximum Gasteiger partial charge on any atom is 0.307 e. The van der Waals surface area contributed by atoms with E-state index in [0.717, 1.165) is 6.42 Å². The van der Waals surface area contributed by atoms with Gasteiger partial charge in [-0.1, -0.05) is 20.8 Å². The molecule has 5 heteroatoms. The Morgan fingerprint density at radius 3 is 2.12 bits per heavy atom. The highest BCUT2D eigenvalue weighted by Crippen LogP contribution is 2.14. The van der Waals surface area contributed by atoms with E-state index in [0.29, 0.717) is 6.54 Å². The van der Waals surface area contributed by atoms with Crippen molar-refractivity contribution < 1.29 is 19.8 Å². The van der Waals surface area contributed by atoms with Crippen LogP contribution in [0.1, 0.15) is 27.2 Å². The Hall–Kier alpha value is -1.10. The molecular weight excluding hydrogens is 210 g/mol. The Labute approximate surface area is 96.1 Å². The lowest BCUT2D eigenvalue weighted by molar-refractivity contribution is -0.149. The molecule has 0 bridgehead atoms. The number of aliphatic hydroxyl groups excluding tert-OH is 1. The van der Waals surface area contributed by atoms with Gasteiger partial charge in [-0.05, 0) is 6.42 Å². The Morgan fingerprint density at radius 1 is 1.19 bits per heavy atom. The Bertz CT molecular complexity index is 236. The Kier molecular flexibility index (Phi) is 6.72. The summed E-state index contributed by atoms with van der Waals surface area (Å²) in [6.07, 6.45) is 0.792. The van der Waals surface area contributed by atoms with E-state index in [2.05, 4.69) is 0 Å². The van der Waals surface area contributed by atoms with Crippen LogP contribution in [-0.2, 0) is 9.59 Å². The van der Waals surface area contributed by atoms with Crippen LogP contribution in [0.15, 0.2) is 0 Å². The van der Waals surface area contributed by atoms with Crippen molar-refractivity contribution in [2.45, 2.75) is 27.2 Å². The van der Waals surface area contributed by atoms with Crippen molar-refractivity contribution in [1.29, 1.82) is 0 Å². The molecule has 2 atom stereocenters. The normalized spacial score (nSPS) is 14.2. The number of rotatable bonds is 7. The van der Waals surface area contributed by atoms with Gasteiger partial charge in [-0.25, -0.2) is 0 Å². The van der Waals surface area contributed by atoms with E-state index in [4.69, 9.17) is 10.2 Å².